The molecule has 0 heterocycles. The number of hydrogen-bond donors (Lipinski definition) is 0. The highest BCUT2D eigenvalue weighted by atomic mass is 16.9. The third-order valence-corrected chi connectivity index (χ3v) is 1.56. The van der Waals surface area contributed by atoms with Gasteiger partial charge >= 0.3 is 11.9 Å². The first-order valence-electron chi connectivity index (χ1n) is 4.93. The maximum absolute atomic E-state index is 10.7. The second-order valence-electron chi connectivity index (χ2n) is 2.80. The minimum atomic E-state index is -1.20. The third-order valence-electron chi connectivity index (χ3n) is 1.56. The highest BCUT2D eigenvalue weighted by Gasteiger charge is 2.26. The summed E-state index contributed by atoms with van der Waals surface area (Å²) in [5.74, 6) is -1.69. The summed E-state index contributed by atoms with van der Waals surface area (Å²) < 4.78 is 20.3. The molecule has 0 aliphatic heterocycles. The summed E-state index contributed by atoms with van der Waals surface area (Å²) in [6, 6.07) is 0. The summed E-state index contributed by atoms with van der Waals surface area (Å²) in [6.45, 7) is 10.8. The van der Waals surface area contributed by atoms with Gasteiger partial charge in [-0.1, -0.05) is 13.2 Å². The molecule has 0 aliphatic rings. The van der Waals surface area contributed by atoms with Crippen molar-refractivity contribution in [3.05, 3.63) is 25.5 Å². The van der Waals surface area contributed by atoms with Crippen LogP contribution in [-0.2, 0) is 23.7 Å². The Morgan fingerprint density at radius 1 is 1.31 bits per heavy atom. The van der Waals surface area contributed by atoms with Gasteiger partial charge in [0.15, 0.2) is 0 Å². The first-order valence-corrected chi connectivity index (χ1v) is 4.93. The van der Waals surface area contributed by atoms with Gasteiger partial charge in [0.25, 0.3) is 0 Å². The van der Waals surface area contributed by atoms with Crippen LogP contribution in [0.4, 0.5) is 0 Å². The van der Waals surface area contributed by atoms with E-state index >= 15 is 0 Å². The van der Waals surface area contributed by atoms with Gasteiger partial charge in [-0.15, -0.1) is 0 Å². The largest absolute Gasteiger partial charge is 0.460 e. The minimum absolute atomic E-state index is 0.105. The van der Waals surface area contributed by atoms with Crippen LogP contribution < -0.4 is 0 Å². The van der Waals surface area contributed by atoms with Crippen molar-refractivity contribution in [2.24, 2.45) is 0 Å². The monoisotopic (exact) mass is 230 g/mol. The van der Waals surface area contributed by atoms with Gasteiger partial charge in [0.2, 0.25) is 0 Å². The molecule has 92 valence electrons. The average Bonchev–Trinajstić information content (AvgIpc) is 2.25. The van der Waals surface area contributed by atoms with Crippen LogP contribution >= 0.6 is 0 Å². The summed E-state index contributed by atoms with van der Waals surface area (Å²) in [5, 5.41) is 0. The molecule has 1 unspecified atom stereocenters. The lowest BCUT2D eigenvalue weighted by Crippen LogP contribution is -2.35. The predicted molar refractivity (Wildman–Crippen MR) is 58.4 cm³/mol. The van der Waals surface area contributed by atoms with E-state index in [1.165, 1.54) is 6.26 Å². The van der Waals surface area contributed by atoms with Gasteiger partial charge in [0.1, 0.15) is 6.61 Å². The summed E-state index contributed by atoms with van der Waals surface area (Å²) in [6.07, 6.45) is 2.31. The molecule has 16 heavy (non-hydrogen) atoms. The molecule has 0 fully saturated rings. The lowest BCUT2D eigenvalue weighted by atomic mass is 10.6. The first kappa shape index (κ1) is 14.7. The minimum Gasteiger partial charge on any atom is -0.460 e. The summed E-state index contributed by atoms with van der Waals surface area (Å²) >= 11 is 0. The van der Waals surface area contributed by atoms with E-state index in [2.05, 4.69) is 13.2 Å². The molecule has 0 aromatic rings. The van der Waals surface area contributed by atoms with Gasteiger partial charge in [-0.2, -0.15) is 0 Å². The lowest BCUT2D eigenvalue weighted by molar-refractivity contribution is -0.350. The van der Waals surface area contributed by atoms with Crippen molar-refractivity contribution in [1.82, 2.24) is 0 Å². The number of rotatable bonds is 9. The van der Waals surface area contributed by atoms with Crippen molar-refractivity contribution in [3.63, 3.8) is 0 Å². The van der Waals surface area contributed by atoms with Gasteiger partial charge < -0.3 is 18.9 Å². The maximum Gasteiger partial charge on any atom is 0.330 e. The molecule has 0 radical (unpaired) electrons. The van der Waals surface area contributed by atoms with Crippen molar-refractivity contribution in [1.29, 1.82) is 0 Å². The Bertz CT molecular complexity index is 239. The van der Waals surface area contributed by atoms with Crippen molar-refractivity contribution >= 4 is 5.97 Å². The van der Waals surface area contributed by atoms with Crippen LogP contribution in [0.3, 0.4) is 0 Å². The Labute approximate surface area is 95.6 Å². The Hall–Kier alpha value is -1.33. The molecule has 0 amide bonds. The van der Waals surface area contributed by atoms with Crippen LogP contribution in [0.5, 0.6) is 0 Å². The van der Waals surface area contributed by atoms with Gasteiger partial charge in [-0.3, -0.25) is 0 Å². The molecule has 0 rings (SSSR count). The van der Waals surface area contributed by atoms with Gasteiger partial charge in [0.05, 0.1) is 19.5 Å². The molecule has 0 N–H and O–H groups in total. The van der Waals surface area contributed by atoms with E-state index in [4.69, 9.17) is 18.9 Å². The Kier molecular flexibility index (Phi) is 7.24. The molecule has 0 aromatic heterocycles. The quantitative estimate of drug-likeness (QED) is 0.198. The van der Waals surface area contributed by atoms with Crippen LogP contribution in [-0.4, -0.2) is 31.8 Å². The van der Waals surface area contributed by atoms with Crippen LogP contribution in [0.1, 0.15) is 13.8 Å². The fraction of sp³-hybridized carbons (Fsp3) is 0.545. The van der Waals surface area contributed by atoms with Gasteiger partial charge in [0, 0.05) is 13.0 Å². The molecule has 0 saturated heterocycles. The van der Waals surface area contributed by atoms with E-state index in [-0.39, 0.29) is 13.2 Å². The third kappa shape index (κ3) is 6.21. The van der Waals surface area contributed by atoms with Crippen LogP contribution in [0, 0.1) is 0 Å². The number of ether oxygens (including phenoxy) is 4. The van der Waals surface area contributed by atoms with E-state index in [1.807, 2.05) is 6.92 Å². The molecular formula is C11H18O5. The highest BCUT2D eigenvalue weighted by molar-refractivity contribution is 5.81. The topological polar surface area (TPSA) is 54.0 Å². The van der Waals surface area contributed by atoms with Crippen LogP contribution in [0.15, 0.2) is 25.5 Å². The summed E-state index contributed by atoms with van der Waals surface area (Å²) in [5.41, 5.74) is 0. The molecule has 1 atom stereocenters. The Morgan fingerprint density at radius 3 is 2.50 bits per heavy atom. The van der Waals surface area contributed by atoms with Crippen molar-refractivity contribution < 1.29 is 23.7 Å². The Balaban J connectivity index is 3.88. The molecule has 0 aliphatic carbocycles. The molecule has 5 heteroatoms. The second kappa shape index (κ2) is 7.90. The van der Waals surface area contributed by atoms with E-state index < -0.39 is 11.9 Å². The fourth-order valence-corrected chi connectivity index (χ4v) is 0.952. The summed E-state index contributed by atoms with van der Waals surface area (Å²) in [4.78, 5) is 10.7. The van der Waals surface area contributed by atoms with Crippen molar-refractivity contribution in [3.8, 4) is 0 Å². The standard InChI is InChI=1S/C11H18O5/c1-5-10(12)13-8-9-16-11(4,14-6-2)15-7-3/h5-6H,1-2,7-9H2,3-4H3. The van der Waals surface area contributed by atoms with E-state index in [1.54, 1.807) is 6.92 Å². The van der Waals surface area contributed by atoms with E-state index in [0.717, 1.165) is 6.08 Å². The maximum atomic E-state index is 10.7. The molecular weight excluding hydrogens is 212 g/mol. The van der Waals surface area contributed by atoms with E-state index in [0.29, 0.717) is 6.61 Å². The average molecular weight is 230 g/mol. The highest BCUT2D eigenvalue weighted by Crippen LogP contribution is 2.14. The molecule has 0 saturated carbocycles. The predicted octanol–water partition coefficient (Wildman–Crippen LogP) is 1.60. The van der Waals surface area contributed by atoms with Crippen molar-refractivity contribution in [2.45, 2.75) is 19.8 Å². The van der Waals surface area contributed by atoms with Crippen molar-refractivity contribution in [2.75, 3.05) is 19.8 Å². The van der Waals surface area contributed by atoms with E-state index in [9.17, 15) is 4.79 Å². The van der Waals surface area contributed by atoms with Gasteiger partial charge in [-0.05, 0) is 6.92 Å². The zero-order chi connectivity index (χ0) is 12.4. The second-order valence-corrected chi connectivity index (χ2v) is 2.80. The van der Waals surface area contributed by atoms with Crippen LogP contribution in [0.2, 0.25) is 0 Å². The zero-order valence-corrected chi connectivity index (χ0v) is 9.73. The number of carbonyl (C=O) groups excluding carboxylic acids is 1. The summed E-state index contributed by atoms with van der Waals surface area (Å²) in [7, 11) is 0. The molecule has 0 aromatic carbocycles. The van der Waals surface area contributed by atoms with Gasteiger partial charge in [-0.25, -0.2) is 4.79 Å². The van der Waals surface area contributed by atoms with Crippen LogP contribution in [0.25, 0.3) is 0 Å². The fourth-order valence-electron chi connectivity index (χ4n) is 0.952. The number of carbonyl (C=O) groups is 1. The molecule has 0 spiro atoms. The normalized spacial score (nSPS) is 13.6. The smallest absolute Gasteiger partial charge is 0.330 e. The number of hydrogen-bond acceptors (Lipinski definition) is 5. The molecule has 0 bridgehead atoms. The first-order chi connectivity index (χ1) is 7.58. The molecule has 5 nitrogen and oxygen atoms in total. The SMILES string of the molecule is C=COC(C)(OCC)OCCOC(=O)C=C. The number of esters is 1. The zero-order valence-electron chi connectivity index (χ0n) is 9.73. The Morgan fingerprint density at radius 2 is 2.00 bits per heavy atom. The lowest BCUT2D eigenvalue weighted by Gasteiger charge is -2.27.